The lowest BCUT2D eigenvalue weighted by atomic mass is 9.84. The molecule has 7 heteroatoms. The van der Waals surface area contributed by atoms with Crippen LogP contribution in [-0.2, 0) is 5.60 Å². The first-order valence-electron chi connectivity index (χ1n) is 7.88. The maximum absolute atomic E-state index is 11.0. The van der Waals surface area contributed by atoms with Crippen LogP contribution in [0.1, 0.15) is 24.1 Å². The Morgan fingerprint density at radius 3 is 2.71 bits per heavy atom. The highest BCUT2D eigenvalue weighted by atomic mass is 35.5. The maximum Gasteiger partial charge on any atom is 0.263 e. The second-order valence-electron chi connectivity index (χ2n) is 6.14. The van der Waals surface area contributed by atoms with Gasteiger partial charge in [0.15, 0.2) is 0 Å². The van der Waals surface area contributed by atoms with Crippen molar-refractivity contribution in [1.29, 1.82) is 0 Å². The van der Waals surface area contributed by atoms with Gasteiger partial charge in [0, 0.05) is 23.7 Å². The molecule has 0 spiro atoms. The summed E-state index contributed by atoms with van der Waals surface area (Å²) in [6.45, 7) is 3.21. The molecule has 0 unspecified atom stereocenters. The van der Waals surface area contributed by atoms with E-state index in [0.29, 0.717) is 36.7 Å². The molecule has 0 aliphatic carbocycles. The SMILES string of the molecule is Cc1noc2ncnc(N3CCC(O)(c4ccccc4Cl)CC3)c12. The average molecular weight is 345 g/mol. The lowest BCUT2D eigenvalue weighted by molar-refractivity contribution is 0.0118. The number of aryl methyl sites for hydroxylation is 1. The van der Waals surface area contributed by atoms with Gasteiger partial charge in [0.05, 0.1) is 11.3 Å². The van der Waals surface area contributed by atoms with Gasteiger partial charge in [-0.1, -0.05) is 35.0 Å². The van der Waals surface area contributed by atoms with Gasteiger partial charge in [0.25, 0.3) is 5.71 Å². The minimum absolute atomic E-state index is 0.490. The van der Waals surface area contributed by atoms with E-state index in [1.54, 1.807) is 0 Å². The topological polar surface area (TPSA) is 75.3 Å². The van der Waals surface area contributed by atoms with Crippen molar-refractivity contribution in [2.45, 2.75) is 25.4 Å². The molecular weight excluding hydrogens is 328 g/mol. The van der Waals surface area contributed by atoms with E-state index < -0.39 is 5.60 Å². The van der Waals surface area contributed by atoms with Gasteiger partial charge in [-0.2, -0.15) is 4.98 Å². The fraction of sp³-hybridized carbons (Fsp3) is 0.353. The minimum Gasteiger partial charge on any atom is -0.385 e. The van der Waals surface area contributed by atoms with Crippen LogP contribution in [0.3, 0.4) is 0 Å². The molecule has 4 rings (SSSR count). The van der Waals surface area contributed by atoms with E-state index in [2.05, 4.69) is 20.0 Å². The summed E-state index contributed by atoms with van der Waals surface area (Å²) in [5.41, 5.74) is 1.14. The van der Waals surface area contributed by atoms with E-state index in [4.69, 9.17) is 16.1 Å². The Kier molecular flexibility index (Phi) is 3.66. The van der Waals surface area contributed by atoms with Crippen molar-refractivity contribution < 1.29 is 9.63 Å². The molecule has 1 N–H and O–H groups in total. The van der Waals surface area contributed by atoms with Gasteiger partial charge in [-0.25, -0.2) is 4.98 Å². The third kappa shape index (κ3) is 2.42. The lowest BCUT2D eigenvalue weighted by Crippen LogP contribution is -2.43. The smallest absolute Gasteiger partial charge is 0.263 e. The van der Waals surface area contributed by atoms with Crippen molar-refractivity contribution >= 4 is 28.5 Å². The zero-order valence-corrected chi connectivity index (χ0v) is 14.0. The Labute approximate surface area is 144 Å². The molecule has 0 saturated carbocycles. The fourth-order valence-corrected chi connectivity index (χ4v) is 3.65. The molecule has 1 aromatic carbocycles. The summed E-state index contributed by atoms with van der Waals surface area (Å²) in [7, 11) is 0. The van der Waals surface area contributed by atoms with Gasteiger partial charge in [-0.05, 0) is 25.8 Å². The largest absolute Gasteiger partial charge is 0.385 e. The maximum atomic E-state index is 11.0. The molecule has 1 aliphatic heterocycles. The zero-order valence-electron chi connectivity index (χ0n) is 13.2. The normalized spacial score (nSPS) is 17.4. The third-order valence-corrected chi connectivity index (χ3v) is 5.02. The molecule has 24 heavy (non-hydrogen) atoms. The molecule has 0 atom stereocenters. The molecule has 0 radical (unpaired) electrons. The van der Waals surface area contributed by atoms with Gasteiger partial charge in [0.2, 0.25) is 0 Å². The first-order chi connectivity index (χ1) is 11.6. The van der Waals surface area contributed by atoms with Crippen LogP contribution in [0.25, 0.3) is 11.1 Å². The number of benzene rings is 1. The van der Waals surface area contributed by atoms with Gasteiger partial charge < -0.3 is 14.5 Å². The van der Waals surface area contributed by atoms with E-state index in [-0.39, 0.29) is 0 Å². The molecule has 0 amide bonds. The van der Waals surface area contributed by atoms with Crippen molar-refractivity contribution in [3.63, 3.8) is 0 Å². The monoisotopic (exact) mass is 344 g/mol. The van der Waals surface area contributed by atoms with Crippen LogP contribution in [0.4, 0.5) is 5.82 Å². The molecule has 0 bridgehead atoms. The van der Waals surface area contributed by atoms with Crippen LogP contribution in [-0.4, -0.2) is 33.3 Å². The number of rotatable bonds is 2. The number of nitrogens with zero attached hydrogens (tertiary/aromatic N) is 4. The minimum atomic E-state index is -0.912. The Bertz CT molecular complexity index is 887. The van der Waals surface area contributed by atoms with E-state index in [1.165, 1.54) is 6.33 Å². The zero-order chi connectivity index (χ0) is 16.7. The summed E-state index contributed by atoms with van der Waals surface area (Å²) in [5.74, 6) is 0.806. The van der Waals surface area contributed by atoms with Crippen LogP contribution in [0.2, 0.25) is 5.02 Å². The van der Waals surface area contributed by atoms with Crippen molar-refractivity contribution in [3.05, 3.63) is 46.9 Å². The van der Waals surface area contributed by atoms with Gasteiger partial charge in [-0.15, -0.1) is 0 Å². The van der Waals surface area contributed by atoms with Crippen LogP contribution in [0.5, 0.6) is 0 Å². The molecule has 1 fully saturated rings. The van der Waals surface area contributed by atoms with E-state index >= 15 is 0 Å². The summed E-state index contributed by atoms with van der Waals surface area (Å²) in [6.07, 6.45) is 2.64. The summed E-state index contributed by atoms with van der Waals surface area (Å²) >= 11 is 6.27. The highest BCUT2D eigenvalue weighted by Crippen LogP contribution is 2.38. The molecule has 3 aromatic rings. The molecule has 2 aromatic heterocycles. The van der Waals surface area contributed by atoms with E-state index in [9.17, 15) is 5.11 Å². The summed E-state index contributed by atoms with van der Waals surface area (Å²) < 4.78 is 5.21. The average Bonchev–Trinajstić information content (AvgIpc) is 2.97. The van der Waals surface area contributed by atoms with Crippen LogP contribution in [0, 0.1) is 6.92 Å². The second-order valence-corrected chi connectivity index (χ2v) is 6.55. The first-order valence-corrected chi connectivity index (χ1v) is 8.25. The molecule has 124 valence electrons. The molecule has 1 aliphatic rings. The van der Waals surface area contributed by atoms with Crippen LogP contribution in [0.15, 0.2) is 35.1 Å². The Hall–Kier alpha value is -2.18. The predicted octanol–water partition coefficient (Wildman–Crippen LogP) is 3.07. The number of anilines is 1. The number of piperidine rings is 1. The van der Waals surface area contributed by atoms with Crippen molar-refractivity contribution in [3.8, 4) is 0 Å². The summed E-state index contributed by atoms with van der Waals surface area (Å²) in [4.78, 5) is 10.7. The number of fused-ring (bicyclic) bond motifs is 1. The number of halogens is 1. The van der Waals surface area contributed by atoms with Crippen molar-refractivity contribution in [2.24, 2.45) is 0 Å². The number of aromatic nitrogens is 3. The molecule has 1 saturated heterocycles. The molecule has 6 nitrogen and oxygen atoms in total. The van der Waals surface area contributed by atoms with E-state index in [1.807, 2.05) is 31.2 Å². The fourth-order valence-electron chi connectivity index (χ4n) is 3.34. The number of hydrogen-bond donors (Lipinski definition) is 1. The molecule has 3 heterocycles. The molecular formula is C17H17ClN4O2. The van der Waals surface area contributed by atoms with Crippen molar-refractivity contribution in [1.82, 2.24) is 15.1 Å². The first kappa shape index (κ1) is 15.4. The van der Waals surface area contributed by atoms with Gasteiger partial charge in [0.1, 0.15) is 17.5 Å². The van der Waals surface area contributed by atoms with Gasteiger partial charge in [-0.3, -0.25) is 0 Å². The van der Waals surface area contributed by atoms with E-state index in [0.717, 1.165) is 22.5 Å². The summed E-state index contributed by atoms with van der Waals surface area (Å²) in [6, 6.07) is 7.48. The van der Waals surface area contributed by atoms with Crippen LogP contribution < -0.4 is 4.90 Å². The number of aliphatic hydroxyl groups is 1. The Morgan fingerprint density at radius 1 is 1.21 bits per heavy atom. The predicted molar refractivity (Wildman–Crippen MR) is 91.1 cm³/mol. The van der Waals surface area contributed by atoms with Gasteiger partial charge >= 0.3 is 0 Å². The summed E-state index contributed by atoms with van der Waals surface area (Å²) in [5, 5.41) is 16.4. The lowest BCUT2D eigenvalue weighted by Gasteiger charge is -2.39. The highest BCUT2D eigenvalue weighted by Gasteiger charge is 2.36. The Balaban J connectivity index is 1.62. The second kappa shape index (κ2) is 5.72. The van der Waals surface area contributed by atoms with Crippen molar-refractivity contribution in [2.75, 3.05) is 18.0 Å². The Morgan fingerprint density at radius 2 is 1.96 bits per heavy atom. The van der Waals surface area contributed by atoms with Crippen LogP contribution >= 0.6 is 11.6 Å². The highest BCUT2D eigenvalue weighted by molar-refractivity contribution is 6.31. The quantitative estimate of drug-likeness (QED) is 0.770. The third-order valence-electron chi connectivity index (χ3n) is 4.69. The number of hydrogen-bond acceptors (Lipinski definition) is 6. The standard InChI is InChI=1S/C17H17ClN4O2/c1-11-14-15(19-10-20-16(14)24-21-11)22-8-6-17(23,7-9-22)12-4-2-3-5-13(12)18/h2-5,10,23H,6-9H2,1H3.